The number of nitrogens with one attached hydrogen (secondary N) is 1. The van der Waals surface area contributed by atoms with Crippen molar-refractivity contribution in [1.29, 1.82) is 0 Å². The van der Waals surface area contributed by atoms with Crippen molar-refractivity contribution < 1.29 is 0 Å². The predicted molar refractivity (Wildman–Crippen MR) is 99.4 cm³/mol. The second-order valence-corrected chi connectivity index (χ2v) is 6.46. The lowest BCUT2D eigenvalue weighted by atomic mass is 10.1. The molecular weight excluding hydrogens is 310 g/mol. The summed E-state index contributed by atoms with van der Waals surface area (Å²) in [7, 11) is 1.97. The van der Waals surface area contributed by atoms with Gasteiger partial charge < -0.3 is 9.88 Å². The lowest BCUT2D eigenvalue weighted by molar-refractivity contribution is 0.207. The van der Waals surface area contributed by atoms with Gasteiger partial charge in [-0.25, -0.2) is 0 Å². The third kappa shape index (κ3) is 3.42. The van der Waals surface area contributed by atoms with Crippen LogP contribution in [0.25, 0.3) is 0 Å². The fraction of sp³-hybridized carbons (Fsp3) is 0.300. The number of aromatic nitrogens is 3. The van der Waals surface area contributed by atoms with E-state index in [2.05, 4.69) is 73.5 Å². The van der Waals surface area contributed by atoms with Crippen molar-refractivity contribution in [2.45, 2.75) is 26.1 Å². The third-order valence-corrected chi connectivity index (χ3v) is 4.79. The van der Waals surface area contributed by atoms with Gasteiger partial charge in [-0.1, -0.05) is 48.5 Å². The largest absolute Gasteiger partial charge is 0.388 e. The van der Waals surface area contributed by atoms with Crippen molar-refractivity contribution >= 4 is 5.69 Å². The van der Waals surface area contributed by atoms with Gasteiger partial charge >= 0.3 is 0 Å². The van der Waals surface area contributed by atoms with Crippen LogP contribution in [0.5, 0.6) is 0 Å². The third-order valence-electron chi connectivity index (χ3n) is 4.79. The SMILES string of the molecule is CNc1ccccc1CN1CCn2c(Cc3ccccc3)nnc2C1. The van der Waals surface area contributed by atoms with E-state index in [1.54, 1.807) is 0 Å². The van der Waals surface area contributed by atoms with Crippen LogP contribution in [-0.2, 0) is 26.1 Å². The Balaban J connectivity index is 1.47. The zero-order chi connectivity index (χ0) is 17.1. The Morgan fingerprint density at radius 1 is 0.960 bits per heavy atom. The molecular formula is C20H23N5. The first kappa shape index (κ1) is 15.8. The highest BCUT2D eigenvalue weighted by atomic mass is 15.3. The van der Waals surface area contributed by atoms with Gasteiger partial charge in [-0.2, -0.15) is 0 Å². The molecule has 1 aliphatic rings. The minimum absolute atomic E-state index is 0.844. The van der Waals surface area contributed by atoms with Gasteiger partial charge in [-0.05, 0) is 17.2 Å². The first-order valence-corrected chi connectivity index (χ1v) is 8.76. The van der Waals surface area contributed by atoms with Gasteiger partial charge in [0.15, 0.2) is 0 Å². The molecule has 25 heavy (non-hydrogen) atoms. The summed E-state index contributed by atoms with van der Waals surface area (Å²) in [6, 6.07) is 19.0. The number of hydrogen-bond donors (Lipinski definition) is 1. The highest BCUT2D eigenvalue weighted by molar-refractivity contribution is 5.50. The maximum Gasteiger partial charge on any atom is 0.147 e. The molecule has 0 atom stereocenters. The van der Waals surface area contributed by atoms with Crippen molar-refractivity contribution in [3.8, 4) is 0 Å². The molecule has 1 aliphatic heterocycles. The number of anilines is 1. The molecule has 0 saturated heterocycles. The summed E-state index contributed by atoms with van der Waals surface area (Å²) in [6.07, 6.45) is 0.844. The summed E-state index contributed by atoms with van der Waals surface area (Å²) in [4.78, 5) is 2.44. The van der Waals surface area contributed by atoms with Gasteiger partial charge in [-0.3, -0.25) is 4.90 Å². The lowest BCUT2D eigenvalue weighted by Gasteiger charge is -2.28. The molecule has 5 heteroatoms. The molecule has 0 spiro atoms. The van der Waals surface area contributed by atoms with Crippen molar-refractivity contribution in [2.24, 2.45) is 0 Å². The first-order chi connectivity index (χ1) is 12.3. The van der Waals surface area contributed by atoms with E-state index in [0.717, 1.165) is 44.2 Å². The predicted octanol–water partition coefficient (Wildman–Crippen LogP) is 2.93. The summed E-state index contributed by atoms with van der Waals surface area (Å²) in [5.74, 6) is 2.13. The molecule has 4 rings (SSSR count). The van der Waals surface area contributed by atoms with Gasteiger partial charge in [0.2, 0.25) is 0 Å². The summed E-state index contributed by atoms with van der Waals surface area (Å²) in [5, 5.41) is 12.2. The van der Waals surface area contributed by atoms with Crippen LogP contribution in [0, 0.1) is 0 Å². The van der Waals surface area contributed by atoms with Crippen LogP contribution in [0.15, 0.2) is 54.6 Å². The molecule has 0 radical (unpaired) electrons. The molecule has 0 saturated carbocycles. The first-order valence-electron chi connectivity index (χ1n) is 8.76. The molecule has 1 N–H and O–H groups in total. The van der Waals surface area contributed by atoms with Crippen molar-refractivity contribution in [3.63, 3.8) is 0 Å². The topological polar surface area (TPSA) is 46.0 Å². The monoisotopic (exact) mass is 333 g/mol. The molecule has 2 aromatic carbocycles. The average molecular weight is 333 g/mol. The Morgan fingerprint density at radius 3 is 2.60 bits per heavy atom. The number of benzene rings is 2. The fourth-order valence-corrected chi connectivity index (χ4v) is 3.46. The number of nitrogens with zero attached hydrogens (tertiary/aromatic N) is 4. The average Bonchev–Trinajstić information content (AvgIpc) is 3.05. The van der Waals surface area contributed by atoms with E-state index >= 15 is 0 Å². The summed E-state index contributed by atoms with van der Waals surface area (Å²) in [5.41, 5.74) is 3.80. The molecule has 0 unspecified atom stereocenters. The molecule has 1 aromatic heterocycles. The number of rotatable bonds is 5. The number of hydrogen-bond acceptors (Lipinski definition) is 4. The second kappa shape index (κ2) is 7.07. The minimum Gasteiger partial charge on any atom is -0.388 e. The lowest BCUT2D eigenvalue weighted by Crippen LogP contribution is -2.34. The standard InChI is InChI=1S/C20H23N5/c1-21-18-10-6-5-9-17(18)14-24-11-12-25-19(22-23-20(25)15-24)13-16-7-3-2-4-8-16/h2-10,21H,11-15H2,1H3. The van der Waals surface area contributed by atoms with E-state index in [0.29, 0.717) is 0 Å². The molecule has 0 fully saturated rings. The summed E-state index contributed by atoms with van der Waals surface area (Å²) >= 11 is 0. The molecule has 128 valence electrons. The van der Waals surface area contributed by atoms with E-state index in [1.165, 1.54) is 16.8 Å². The molecule has 0 amide bonds. The zero-order valence-electron chi connectivity index (χ0n) is 14.5. The van der Waals surface area contributed by atoms with E-state index in [1.807, 2.05) is 13.1 Å². The van der Waals surface area contributed by atoms with E-state index < -0.39 is 0 Å². The van der Waals surface area contributed by atoms with Crippen LogP contribution < -0.4 is 5.32 Å². The molecule has 2 heterocycles. The minimum atomic E-state index is 0.844. The Morgan fingerprint density at radius 2 is 1.76 bits per heavy atom. The van der Waals surface area contributed by atoms with Gasteiger partial charge in [0.25, 0.3) is 0 Å². The Bertz CT molecular complexity index is 840. The second-order valence-electron chi connectivity index (χ2n) is 6.46. The van der Waals surface area contributed by atoms with Gasteiger partial charge in [0.05, 0.1) is 6.54 Å². The van der Waals surface area contributed by atoms with E-state index in [-0.39, 0.29) is 0 Å². The quantitative estimate of drug-likeness (QED) is 0.780. The molecule has 0 aliphatic carbocycles. The normalized spacial score (nSPS) is 14.3. The molecule has 5 nitrogen and oxygen atoms in total. The highest BCUT2D eigenvalue weighted by Crippen LogP contribution is 2.21. The fourth-order valence-electron chi connectivity index (χ4n) is 3.46. The molecule has 3 aromatic rings. The van der Waals surface area contributed by atoms with Gasteiger partial charge in [0.1, 0.15) is 11.6 Å². The number of para-hydroxylation sites is 1. The maximum absolute atomic E-state index is 4.44. The van der Waals surface area contributed by atoms with Crippen LogP contribution in [0.3, 0.4) is 0 Å². The van der Waals surface area contributed by atoms with Gasteiger partial charge in [-0.15, -0.1) is 10.2 Å². The Kier molecular flexibility index (Phi) is 4.48. The van der Waals surface area contributed by atoms with Gasteiger partial charge in [0, 0.05) is 38.8 Å². The zero-order valence-corrected chi connectivity index (χ0v) is 14.5. The molecule has 0 bridgehead atoms. The van der Waals surface area contributed by atoms with Crippen LogP contribution in [0.2, 0.25) is 0 Å². The summed E-state index contributed by atoms with van der Waals surface area (Å²) in [6.45, 7) is 3.74. The summed E-state index contributed by atoms with van der Waals surface area (Å²) < 4.78 is 2.29. The number of fused-ring (bicyclic) bond motifs is 1. The van der Waals surface area contributed by atoms with E-state index in [9.17, 15) is 0 Å². The van der Waals surface area contributed by atoms with E-state index in [4.69, 9.17) is 0 Å². The smallest absolute Gasteiger partial charge is 0.147 e. The highest BCUT2D eigenvalue weighted by Gasteiger charge is 2.21. The van der Waals surface area contributed by atoms with Crippen molar-refractivity contribution in [3.05, 3.63) is 77.4 Å². The Hall–Kier alpha value is -2.66. The van der Waals surface area contributed by atoms with Crippen LogP contribution in [0.4, 0.5) is 5.69 Å². The van der Waals surface area contributed by atoms with Crippen LogP contribution >= 0.6 is 0 Å². The van der Waals surface area contributed by atoms with Crippen molar-refractivity contribution in [1.82, 2.24) is 19.7 Å². The maximum atomic E-state index is 4.44. The van der Waals surface area contributed by atoms with Crippen LogP contribution in [0.1, 0.15) is 22.8 Å². The van der Waals surface area contributed by atoms with Crippen molar-refractivity contribution in [2.75, 3.05) is 18.9 Å². The van der Waals surface area contributed by atoms with Crippen LogP contribution in [-0.4, -0.2) is 33.3 Å². The Labute approximate surface area is 148 Å².